The molecule has 1 rings (SSSR count). The fraction of sp³-hybridized carbons (Fsp3) is 0.625. The second kappa shape index (κ2) is 13.4. The van der Waals surface area contributed by atoms with Gasteiger partial charge in [-0.25, -0.2) is 49.4 Å². The van der Waals surface area contributed by atoms with Crippen LogP contribution in [0.1, 0.15) is 40.0 Å². The number of primary amides is 2. The number of carbonyl (C=O) groups excluding carboxylic acids is 4. The Morgan fingerprint density at radius 3 is 1.73 bits per heavy atom. The minimum Gasteiger partial charge on any atom is -0.465 e. The van der Waals surface area contributed by atoms with Gasteiger partial charge in [0.2, 0.25) is 12.2 Å². The zero-order valence-electron chi connectivity index (χ0n) is 16.8. The molecule has 8 N–H and O–H groups in total. The number of hydrogen-bond acceptors (Lipinski definition) is 8. The second-order valence-electron chi connectivity index (χ2n) is 7.43. The molecule has 0 saturated heterocycles. The van der Waals surface area contributed by atoms with Gasteiger partial charge in [0.05, 0.1) is 12.6 Å². The lowest BCUT2D eigenvalue weighted by Crippen LogP contribution is -2.39. The molecule has 0 radical (unpaired) electrons. The molecule has 0 bridgehead atoms. The van der Waals surface area contributed by atoms with E-state index in [9.17, 15) is 28.8 Å². The van der Waals surface area contributed by atoms with Crippen LogP contribution in [-0.2, 0) is 9.59 Å². The molecular formula is C16H26N6O8. The lowest BCUT2D eigenvalue weighted by molar-refractivity contribution is 0.0915. The third-order valence-corrected chi connectivity index (χ3v) is 3.64. The number of urea groups is 2. The zero-order valence-corrected chi connectivity index (χ0v) is 16.8. The van der Waals surface area contributed by atoms with E-state index in [4.69, 9.17) is 10.2 Å². The molecule has 0 aromatic rings. The molecule has 0 aromatic carbocycles. The molecule has 14 heteroatoms. The lowest BCUT2D eigenvalue weighted by Gasteiger charge is -2.44. The van der Waals surface area contributed by atoms with Gasteiger partial charge in [-0.1, -0.05) is 20.8 Å². The highest BCUT2D eigenvalue weighted by Crippen LogP contribution is 2.47. The quantitative estimate of drug-likeness (QED) is 0.277. The Bertz CT molecular complexity index is 677. The van der Waals surface area contributed by atoms with Crippen LogP contribution in [0.3, 0.4) is 0 Å². The molecule has 1 fully saturated rings. The predicted molar refractivity (Wildman–Crippen MR) is 102 cm³/mol. The predicted octanol–water partition coefficient (Wildman–Crippen LogP) is 0.908. The smallest absolute Gasteiger partial charge is 0.412 e. The minimum atomic E-state index is -1.44. The van der Waals surface area contributed by atoms with Gasteiger partial charge in [-0.05, 0) is 30.1 Å². The molecule has 168 valence electrons. The van der Waals surface area contributed by atoms with Gasteiger partial charge in [0.15, 0.2) is 0 Å². The van der Waals surface area contributed by atoms with Crippen LogP contribution in [0.5, 0.6) is 0 Å². The summed E-state index contributed by atoms with van der Waals surface area (Å²) in [5.74, 6) is 0. The van der Waals surface area contributed by atoms with E-state index in [0.29, 0.717) is 6.54 Å². The third-order valence-electron chi connectivity index (χ3n) is 3.64. The normalized spacial score (nSPS) is 20.7. The summed E-state index contributed by atoms with van der Waals surface area (Å²) in [7, 11) is 0. The first kappa shape index (κ1) is 28.4. The fourth-order valence-electron chi connectivity index (χ4n) is 3.30. The molecule has 2 atom stereocenters. The van der Waals surface area contributed by atoms with Gasteiger partial charge in [-0.15, -0.1) is 0 Å². The summed E-state index contributed by atoms with van der Waals surface area (Å²) in [6.45, 7) is 6.86. The van der Waals surface area contributed by atoms with Crippen LogP contribution < -0.4 is 22.1 Å². The number of nitrogens with zero attached hydrogens (tertiary/aromatic N) is 2. The van der Waals surface area contributed by atoms with Crippen LogP contribution in [-0.4, -0.2) is 59.2 Å². The summed E-state index contributed by atoms with van der Waals surface area (Å²) in [5.41, 5.74) is 8.78. The Hall–Kier alpha value is -3.76. The fourth-order valence-corrected chi connectivity index (χ4v) is 3.30. The Labute approximate surface area is 171 Å². The zero-order chi connectivity index (χ0) is 24.0. The van der Waals surface area contributed by atoms with Gasteiger partial charge in [0, 0.05) is 0 Å². The van der Waals surface area contributed by atoms with Crippen molar-refractivity contribution in [2.75, 3.05) is 6.54 Å². The molecule has 2 unspecified atom stereocenters. The lowest BCUT2D eigenvalue weighted by atomic mass is 9.63. The van der Waals surface area contributed by atoms with Crippen molar-refractivity contribution >= 4 is 36.4 Å². The molecule has 0 spiro atoms. The van der Waals surface area contributed by atoms with E-state index in [2.05, 4.69) is 42.2 Å². The van der Waals surface area contributed by atoms with Crippen LogP contribution in [0.25, 0.3) is 0 Å². The molecule has 30 heavy (non-hydrogen) atoms. The largest absolute Gasteiger partial charge is 0.465 e. The van der Waals surface area contributed by atoms with Crippen molar-refractivity contribution < 1.29 is 39.0 Å². The van der Waals surface area contributed by atoms with Crippen molar-refractivity contribution in [2.45, 2.75) is 46.1 Å². The number of amides is 6. The summed E-state index contributed by atoms with van der Waals surface area (Å²) in [5, 5.41) is 18.1. The molecule has 1 aliphatic rings. The van der Waals surface area contributed by atoms with Gasteiger partial charge in [0.25, 0.3) is 0 Å². The van der Waals surface area contributed by atoms with E-state index in [-0.39, 0.29) is 16.9 Å². The molecular weight excluding hydrogens is 404 g/mol. The maximum absolute atomic E-state index is 10.3. The summed E-state index contributed by atoms with van der Waals surface area (Å²) < 4.78 is 0. The Kier molecular flexibility index (Phi) is 12.7. The maximum atomic E-state index is 10.3. The summed E-state index contributed by atoms with van der Waals surface area (Å²) >= 11 is 0. The number of hydrogen-bond donors (Lipinski definition) is 6. The van der Waals surface area contributed by atoms with E-state index < -0.39 is 24.2 Å². The highest BCUT2D eigenvalue weighted by atomic mass is 16.4. The summed E-state index contributed by atoms with van der Waals surface area (Å²) in [6.07, 6.45) is 3.00. The number of rotatable bonds is 3. The van der Waals surface area contributed by atoms with Crippen molar-refractivity contribution in [3.8, 4) is 0 Å². The SMILES string of the molecule is CC1(C)CC(N=C=O)CC(C)(CN=C=O)C1.NC(=O)NC(=O)O.NC(=O)NC(=O)O. The Morgan fingerprint density at radius 1 is 0.967 bits per heavy atom. The van der Waals surface area contributed by atoms with E-state index in [1.807, 2.05) is 0 Å². The molecule has 0 aliphatic heterocycles. The highest BCUT2D eigenvalue weighted by Gasteiger charge is 2.41. The van der Waals surface area contributed by atoms with Crippen LogP contribution in [0, 0.1) is 10.8 Å². The van der Waals surface area contributed by atoms with Crippen LogP contribution in [0.2, 0.25) is 0 Å². The molecule has 0 aromatic heterocycles. The van der Waals surface area contributed by atoms with Crippen LogP contribution in [0.15, 0.2) is 9.98 Å². The van der Waals surface area contributed by atoms with Crippen LogP contribution >= 0.6 is 0 Å². The van der Waals surface area contributed by atoms with Crippen molar-refractivity contribution in [2.24, 2.45) is 32.3 Å². The van der Waals surface area contributed by atoms with Crippen molar-refractivity contribution in [1.82, 2.24) is 10.6 Å². The van der Waals surface area contributed by atoms with Gasteiger partial charge >= 0.3 is 24.2 Å². The van der Waals surface area contributed by atoms with Crippen molar-refractivity contribution in [3.63, 3.8) is 0 Å². The Morgan fingerprint density at radius 2 is 1.43 bits per heavy atom. The first-order valence-electron chi connectivity index (χ1n) is 8.36. The molecule has 6 amide bonds. The van der Waals surface area contributed by atoms with Gasteiger partial charge in [0.1, 0.15) is 0 Å². The minimum absolute atomic E-state index is 0.00750. The first-order chi connectivity index (χ1) is 13.7. The number of imide groups is 2. The Balaban J connectivity index is 0. The van der Waals surface area contributed by atoms with E-state index in [1.54, 1.807) is 12.2 Å². The van der Waals surface area contributed by atoms with Gasteiger partial charge < -0.3 is 21.7 Å². The van der Waals surface area contributed by atoms with E-state index in [1.165, 1.54) is 10.6 Å². The first-order valence-corrected chi connectivity index (χ1v) is 8.36. The topological polar surface area (TPSA) is 244 Å². The van der Waals surface area contributed by atoms with Gasteiger partial charge in [-0.2, -0.15) is 0 Å². The van der Waals surface area contributed by atoms with Gasteiger partial charge in [-0.3, -0.25) is 0 Å². The molecule has 14 nitrogen and oxygen atoms in total. The molecule has 1 aliphatic carbocycles. The third kappa shape index (κ3) is 16.4. The average molecular weight is 430 g/mol. The molecule has 0 heterocycles. The van der Waals surface area contributed by atoms with E-state index >= 15 is 0 Å². The maximum Gasteiger partial charge on any atom is 0.412 e. The summed E-state index contributed by atoms with van der Waals surface area (Å²) in [6, 6.07) is -2.12. The molecule has 1 saturated carbocycles. The number of aliphatic imine (C=N–C) groups is 2. The van der Waals surface area contributed by atoms with Crippen molar-refractivity contribution in [1.29, 1.82) is 0 Å². The van der Waals surface area contributed by atoms with Crippen LogP contribution in [0.4, 0.5) is 19.2 Å². The highest BCUT2D eigenvalue weighted by molar-refractivity contribution is 5.88. The number of nitrogens with two attached hydrogens (primary N) is 2. The standard InChI is InChI=1S/C12H18N2O2.2C2H4N2O3/c1-11(2)4-10(14-9-16)5-12(3,6-11)7-13-8-15;2*3-1(5)4-2(6)7/h10H,4-7H2,1-3H3;2*(H,6,7)(H3,3,4,5). The van der Waals surface area contributed by atoms with E-state index in [0.717, 1.165) is 19.3 Å². The number of carboxylic acid groups (broad SMARTS) is 2. The number of carbonyl (C=O) groups is 4. The number of isocyanates is 2. The summed E-state index contributed by atoms with van der Waals surface area (Å²) in [4.78, 5) is 65.9. The monoisotopic (exact) mass is 430 g/mol. The van der Waals surface area contributed by atoms with Crippen molar-refractivity contribution in [3.05, 3.63) is 0 Å². The number of nitrogens with one attached hydrogen (secondary N) is 2. The second-order valence-corrected chi connectivity index (χ2v) is 7.43. The average Bonchev–Trinajstić information content (AvgIpc) is 2.50.